The Morgan fingerprint density at radius 1 is 1.04 bits per heavy atom. The molecule has 2 heteroatoms. The third-order valence-corrected chi connectivity index (χ3v) is 7.74. The molecule has 2 aromatic carbocycles. The molecule has 3 heterocycles. The summed E-state index contributed by atoms with van der Waals surface area (Å²) in [6.07, 6.45) is 1.85. The lowest BCUT2D eigenvalue weighted by atomic mass is 9.47. The number of rotatable bonds is 0. The molecule has 116 valence electrons. The minimum Gasteiger partial charge on any atom is -0.312 e. The molecule has 0 bridgehead atoms. The largest absolute Gasteiger partial charge is 0.312 e. The van der Waals surface area contributed by atoms with Crippen molar-refractivity contribution < 1.29 is 0 Å². The molecule has 0 amide bonds. The number of nitrogens with zero attached hydrogens (tertiary/aromatic N) is 2. The molecule has 1 fully saturated rings. The maximum atomic E-state index is 2.72. The number of anilines is 1. The SMILES string of the molecule is CC12Cc3cccc(c31)CN1c3ccccc3[N+]3(C)CC2(C)C13. The van der Waals surface area contributed by atoms with Crippen LogP contribution < -0.4 is 9.38 Å². The summed E-state index contributed by atoms with van der Waals surface area (Å²) >= 11 is 0. The van der Waals surface area contributed by atoms with Gasteiger partial charge in [-0.2, -0.15) is 0 Å². The highest BCUT2D eigenvalue weighted by molar-refractivity contribution is 5.79. The standard InChI is InChI=1S/C21H23N2/c1-20-11-14-7-6-8-15(18(14)20)12-22-16-9-4-5-10-17(16)23(3)13-21(20,2)19(22)23/h4-10,19H,11-13H2,1-3H3/q+1. The van der Waals surface area contributed by atoms with Crippen molar-refractivity contribution in [3.05, 3.63) is 59.2 Å². The highest BCUT2D eigenvalue weighted by atomic mass is 15.6. The van der Waals surface area contributed by atoms with Crippen molar-refractivity contribution in [3.8, 4) is 0 Å². The van der Waals surface area contributed by atoms with E-state index in [0.29, 0.717) is 17.0 Å². The van der Waals surface area contributed by atoms with Gasteiger partial charge in [0.2, 0.25) is 0 Å². The van der Waals surface area contributed by atoms with Crippen LogP contribution in [-0.4, -0.2) is 19.8 Å². The maximum absolute atomic E-state index is 2.72. The van der Waals surface area contributed by atoms with Gasteiger partial charge in [-0.05, 0) is 36.1 Å². The molecule has 6 rings (SSSR count). The lowest BCUT2D eigenvalue weighted by Crippen LogP contribution is -2.82. The van der Waals surface area contributed by atoms with E-state index in [9.17, 15) is 0 Å². The number of quaternary nitrogens is 1. The third kappa shape index (κ3) is 1.07. The van der Waals surface area contributed by atoms with E-state index in [-0.39, 0.29) is 0 Å². The first kappa shape index (κ1) is 12.6. The molecule has 0 spiro atoms. The minimum absolute atomic E-state index is 0.345. The molecule has 1 saturated heterocycles. The molecule has 23 heavy (non-hydrogen) atoms. The zero-order chi connectivity index (χ0) is 15.6. The Balaban J connectivity index is 1.66. The second-order valence-electron chi connectivity index (χ2n) is 8.79. The van der Waals surface area contributed by atoms with Gasteiger partial charge >= 0.3 is 0 Å². The number of fused-ring (bicyclic) bond motifs is 4. The molecule has 1 aliphatic carbocycles. The fourth-order valence-corrected chi connectivity index (χ4v) is 6.81. The van der Waals surface area contributed by atoms with Crippen molar-refractivity contribution in [3.63, 3.8) is 0 Å². The molecule has 2 aromatic rings. The van der Waals surface area contributed by atoms with Gasteiger partial charge in [0.15, 0.2) is 11.9 Å². The summed E-state index contributed by atoms with van der Waals surface area (Å²) in [6, 6.07) is 16.1. The predicted molar refractivity (Wildman–Crippen MR) is 94.6 cm³/mol. The Morgan fingerprint density at radius 3 is 2.70 bits per heavy atom. The van der Waals surface area contributed by atoms with E-state index < -0.39 is 0 Å². The molecule has 0 N–H and O–H groups in total. The summed E-state index contributed by atoms with van der Waals surface area (Å²) in [5.74, 6) is 0. The van der Waals surface area contributed by atoms with Crippen LogP contribution in [0.5, 0.6) is 0 Å². The van der Waals surface area contributed by atoms with Gasteiger partial charge in [0, 0.05) is 18.0 Å². The maximum Gasteiger partial charge on any atom is 0.181 e. The summed E-state index contributed by atoms with van der Waals surface area (Å²) in [7, 11) is 2.45. The highest BCUT2D eigenvalue weighted by Crippen LogP contribution is 2.68. The Labute approximate surface area is 137 Å². The summed E-state index contributed by atoms with van der Waals surface area (Å²) in [5.41, 5.74) is 8.54. The van der Waals surface area contributed by atoms with Gasteiger partial charge in [-0.25, -0.2) is 0 Å². The predicted octanol–water partition coefficient (Wildman–Crippen LogP) is 3.82. The average molecular weight is 303 g/mol. The topological polar surface area (TPSA) is 3.24 Å². The highest BCUT2D eigenvalue weighted by Gasteiger charge is 2.76. The van der Waals surface area contributed by atoms with Crippen LogP contribution in [0.1, 0.15) is 30.5 Å². The Bertz CT molecular complexity index is 887. The van der Waals surface area contributed by atoms with Crippen molar-refractivity contribution in [1.29, 1.82) is 0 Å². The van der Waals surface area contributed by atoms with Crippen LogP contribution in [0.25, 0.3) is 0 Å². The zero-order valence-electron chi connectivity index (χ0n) is 14.1. The normalized spacial score (nSPS) is 41.2. The Morgan fingerprint density at radius 2 is 1.83 bits per heavy atom. The van der Waals surface area contributed by atoms with Crippen molar-refractivity contribution in [2.45, 2.75) is 38.4 Å². The van der Waals surface area contributed by atoms with Crippen molar-refractivity contribution >= 4 is 11.4 Å². The molecule has 0 radical (unpaired) electrons. The second-order valence-corrected chi connectivity index (χ2v) is 8.79. The van der Waals surface area contributed by atoms with Crippen LogP contribution in [0.2, 0.25) is 0 Å². The Kier molecular flexibility index (Phi) is 1.83. The van der Waals surface area contributed by atoms with Gasteiger partial charge in [0.25, 0.3) is 0 Å². The number of hydrogen-bond donors (Lipinski definition) is 0. The van der Waals surface area contributed by atoms with Crippen LogP contribution in [-0.2, 0) is 18.4 Å². The molecule has 4 aliphatic rings. The summed E-state index contributed by atoms with van der Waals surface area (Å²) < 4.78 is 1.10. The van der Waals surface area contributed by atoms with Crippen LogP contribution in [0, 0.1) is 5.41 Å². The lowest BCUT2D eigenvalue weighted by molar-refractivity contribution is -0.0862. The summed E-state index contributed by atoms with van der Waals surface area (Å²) in [4.78, 5) is 2.72. The van der Waals surface area contributed by atoms with Crippen LogP contribution >= 0.6 is 0 Å². The number of benzene rings is 2. The number of hydrogen-bond acceptors (Lipinski definition) is 1. The summed E-state index contributed by atoms with van der Waals surface area (Å²) in [6.45, 7) is 7.43. The fraction of sp³-hybridized carbons (Fsp3) is 0.429. The average Bonchev–Trinajstić information content (AvgIpc) is 2.67. The first-order valence-corrected chi connectivity index (χ1v) is 8.82. The molecule has 2 nitrogen and oxygen atoms in total. The summed E-state index contributed by atoms with van der Waals surface area (Å²) in [5, 5.41) is 0. The second kappa shape index (κ2) is 3.34. The smallest absolute Gasteiger partial charge is 0.181 e. The quantitative estimate of drug-likeness (QED) is 0.669. The van der Waals surface area contributed by atoms with E-state index in [1.54, 1.807) is 16.7 Å². The molecule has 3 aliphatic heterocycles. The first-order valence-electron chi connectivity index (χ1n) is 8.82. The van der Waals surface area contributed by atoms with Gasteiger partial charge < -0.3 is 4.90 Å². The van der Waals surface area contributed by atoms with Crippen LogP contribution in [0.4, 0.5) is 11.4 Å². The van der Waals surface area contributed by atoms with Crippen molar-refractivity contribution in [1.82, 2.24) is 4.48 Å². The third-order valence-electron chi connectivity index (χ3n) is 7.74. The van der Waals surface area contributed by atoms with E-state index in [0.717, 1.165) is 11.0 Å². The van der Waals surface area contributed by atoms with Gasteiger partial charge in [-0.15, -0.1) is 0 Å². The van der Waals surface area contributed by atoms with E-state index in [1.165, 1.54) is 24.3 Å². The Hall–Kier alpha value is -1.80. The van der Waals surface area contributed by atoms with E-state index in [2.05, 4.69) is 68.3 Å². The zero-order valence-corrected chi connectivity index (χ0v) is 14.1. The minimum atomic E-state index is 0.345. The van der Waals surface area contributed by atoms with Crippen LogP contribution in [0.15, 0.2) is 42.5 Å². The number of para-hydroxylation sites is 2. The van der Waals surface area contributed by atoms with E-state index in [1.807, 2.05) is 0 Å². The first-order chi connectivity index (χ1) is 11.0. The molecule has 4 atom stereocenters. The molecule has 4 unspecified atom stereocenters. The lowest BCUT2D eigenvalue weighted by Gasteiger charge is -2.66. The van der Waals surface area contributed by atoms with E-state index in [4.69, 9.17) is 0 Å². The molecule has 0 saturated carbocycles. The molecule has 0 aromatic heterocycles. The fourth-order valence-electron chi connectivity index (χ4n) is 6.81. The van der Waals surface area contributed by atoms with Gasteiger partial charge in [-0.3, -0.25) is 4.48 Å². The van der Waals surface area contributed by atoms with E-state index >= 15 is 0 Å². The van der Waals surface area contributed by atoms with Crippen LogP contribution in [0.3, 0.4) is 0 Å². The van der Waals surface area contributed by atoms with Crippen molar-refractivity contribution in [2.24, 2.45) is 5.41 Å². The van der Waals surface area contributed by atoms with Crippen molar-refractivity contribution in [2.75, 3.05) is 18.5 Å². The molecular weight excluding hydrogens is 280 g/mol. The van der Waals surface area contributed by atoms with Gasteiger partial charge in [0.05, 0.1) is 19.0 Å². The van der Waals surface area contributed by atoms with Gasteiger partial charge in [0.1, 0.15) is 5.69 Å². The van der Waals surface area contributed by atoms with Gasteiger partial charge in [-0.1, -0.05) is 37.3 Å². The monoisotopic (exact) mass is 303 g/mol. The molecular formula is C21H23N2+.